The lowest BCUT2D eigenvalue weighted by Crippen LogP contribution is -2.36. The second-order valence-electron chi connectivity index (χ2n) is 6.34. The molecule has 0 bridgehead atoms. The minimum atomic E-state index is 0. The molecule has 0 saturated heterocycles. The van der Waals surface area contributed by atoms with Crippen molar-refractivity contribution in [2.45, 2.75) is 46.7 Å². The number of rotatable bonds is 9. The fourth-order valence-corrected chi connectivity index (χ4v) is 2.45. The van der Waals surface area contributed by atoms with Gasteiger partial charge >= 0.3 is 0 Å². The van der Waals surface area contributed by atoms with Crippen LogP contribution in [0.1, 0.15) is 50.6 Å². The van der Waals surface area contributed by atoms with E-state index in [1.165, 1.54) is 0 Å². The third kappa shape index (κ3) is 7.21. The lowest BCUT2D eigenvalue weighted by atomic mass is 10.1. The standard InChI is InChI=1S/C20H30N4O3.HI/c1-6-21-20(23-13-16-11-17(14(3)4)24-27-16)22-12-15-8-9-18(26-7-2)19(10-15)25-5;/h8-11,14H,6-7,12-13H2,1-5H3,(H2,21,22,23);1H. The summed E-state index contributed by atoms with van der Waals surface area (Å²) in [5, 5.41) is 10.6. The molecule has 0 spiro atoms. The van der Waals surface area contributed by atoms with E-state index in [2.05, 4.69) is 34.6 Å². The Labute approximate surface area is 184 Å². The summed E-state index contributed by atoms with van der Waals surface area (Å²) in [5.41, 5.74) is 1.99. The van der Waals surface area contributed by atoms with Gasteiger partial charge in [0.1, 0.15) is 0 Å². The summed E-state index contributed by atoms with van der Waals surface area (Å²) in [4.78, 5) is 4.63. The van der Waals surface area contributed by atoms with Gasteiger partial charge in [-0.3, -0.25) is 0 Å². The number of hydrogen-bond acceptors (Lipinski definition) is 5. The third-order valence-electron chi connectivity index (χ3n) is 3.89. The first kappa shape index (κ1) is 24.1. The molecule has 8 heteroatoms. The van der Waals surface area contributed by atoms with Crippen LogP contribution < -0.4 is 20.1 Å². The molecule has 156 valence electrons. The van der Waals surface area contributed by atoms with Gasteiger partial charge in [-0.05, 0) is 37.5 Å². The van der Waals surface area contributed by atoms with Gasteiger partial charge in [0.05, 0.1) is 32.5 Å². The average Bonchev–Trinajstić information content (AvgIpc) is 3.14. The quantitative estimate of drug-likeness (QED) is 0.306. The molecular weight excluding hydrogens is 471 g/mol. The van der Waals surface area contributed by atoms with Gasteiger partial charge in [-0.15, -0.1) is 24.0 Å². The Bertz CT molecular complexity index is 747. The number of hydrogen-bond donors (Lipinski definition) is 2. The summed E-state index contributed by atoms with van der Waals surface area (Å²) in [5.74, 6) is 3.30. The first-order chi connectivity index (χ1) is 13.1. The van der Waals surface area contributed by atoms with Gasteiger partial charge in [0.15, 0.2) is 23.2 Å². The highest BCUT2D eigenvalue weighted by atomic mass is 127. The van der Waals surface area contributed by atoms with E-state index >= 15 is 0 Å². The molecule has 2 rings (SSSR count). The van der Waals surface area contributed by atoms with Crippen LogP contribution in [0, 0.1) is 0 Å². The maximum Gasteiger partial charge on any atom is 0.191 e. The molecule has 0 fully saturated rings. The Hall–Kier alpha value is -1.97. The van der Waals surface area contributed by atoms with Crippen LogP contribution in [0.3, 0.4) is 0 Å². The van der Waals surface area contributed by atoms with Crippen molar-refractivity contribution in [1.29, 1.82) is 0 Å². The average molecular weight is 502 g/mol. The SMILES string of the molecule is CCNC(=NCc1ccc(OCC)c(OC)c1)NCc1cc(C(C)C)no1.I. The number of halogens is 1. The van der Waals surface area contributed by atoms with Gasteiger partial charge < -0.3 is 24.6 Å². The minimum Gasteiger partial charge on any atom is -0.493 e. The number of guanidine groups is 1. The predicted molar refractivity (Wildman–Crippen MR) is 122 cm³/mol. The van der Waals surface area contributed by atoms with Crippen LogP contribution >= 0.6 is 24.0 Å². The molecule has 0 amide bonds. The van der Waals surface area contributed by atoms with Crippen molar-refractivity contribution < 1.29 is 14.0 Å². The Morgan fingerprint density at radius 3 is 2.57 bits per heavy atom. The number of aromatic nitrogens is 1. The summed E-state index contributed by atoms with van der Waals surface area (Å²) in [6.07, 6.45) is 0. The van der Waals surface area contributed by atoms with Crippen LogP contribution in [0.25, 0.3) is 0 Å². The van der Waals surface area contributed by atoms with Crippen LogP contribution in [-0.2, 0) is 13.1 Å². The van der Waals surface area contributed by atoms with Crippen LogP contribution in [0.15, 0.2) is 33.8 Å². The highest BCUT2D eigenvalue weighted by Gasteiger charge is 2.09. The lowest BCUT2D eigenvalue weighted by molar-refractivity contribution is 0.310. The number of aliphatic imine (C=N–C) groups is 1. The molecule has 7 nitrogen and oxygen atoms in total. The van der Waals surface area contributed by atoms with Gasteiger partial charge in [0.25, 0.3) is 0 Å². The zero-order valence-corrected chi connectivity index (χ0v) is 19.6. The molecule has 1 aromatic carbocycles. The number of nitrogens with one attached hydrogen (secondary N) is 2. The van der Waals surface area contributed by atoms with Crippen molar-refractivity contribution in [2.24, 2.45) is 4.99 Å². The van der Waals surface area contributed by atoms with E-state index in [0.717, 1.165) is 29.3 Å². The van der Waals surface area contributed by atoms with Crippen LogP contribution in [0.5, 0.6) is 11.5 Å². The molecule has 28 heavy (non-hydrogen) atoms. The normalized spacial score (nSPS) is 11.1. The fraction of sp³-hybridized carbons (Fsp3) is 0.500. The smallest absolute Gasteiger partial charge is 0.191 e. The molecule has 0 aliphatic carbocycles. The lowest BCUT2D eigenvalue weighted by Gasteiger charge is -2.12. The van der Waals surface area contributed by atoms with Crippen LogP contribution in [0.4, 0.5) is 0 Å². The van der Waals surface area contributed by atoms with Gasteiger partial charge in [-0.1, -0.05) is 25.1 Å². The number of methoxy groups -OCH3 is 1. The zero-order chi connectivity index (χ0) is 19.6. The van der Waals surface area contributed by atoms with E-state index in [9.17, 15) is 0 Å². The highest BCUT2D eigenvalue weighted by Crippen LogP contribution is 2.28. The maximum atomic E-state index is 5.55. The predicted octanol–water partition coefficient (Wildman–Crippen LogP) is 4.08. The summed E-state index contributed by atoms with van der Waals surface area (Å²) >= 11 is 0. The second-order valence-corrected chi connectivity index (χ2v) is 6.34. The van der Waals surface area contributed by atoms with E-state index in [1.807, 2.05) is 38.1 Å². The molecule has 0 radical (unpaired) electrons. The van der Waals surface area contributed by atoms with Crippen molar-refractivity contribution in [3.63, 3.8) is 0 Å². The second kappa shape index (κ2) is 12.5. The number of benzene rings is 1. The highest BCUT2D eigenvalue weighted by molar-refractivity contribution is 14.0. The van der Waals surface area contributed by atoms with Crippen molar-refractivity contribution >= 4 is 29.9 Å². The summed E-state index contributed by atoms with van der Waals surface area (Å²) in [7, 11) is 1.64. The molecule has 2 N–H and O–H groups in total. The third-order valence-corrected chi connectivity index (χ3v) is 3.89. The molecule has 0 unspecified atom stereocenters. The van der Waals surface area contributed by atoms with Crippen molar-refractivity contribution in [3.05, 3.63) is 41.3 Å². The van der Waals surface area contributed by atoms with E-state index in [0.29, 0.717) is 37.3 Å². The first-order valence-electron chi connectivity index (χ1n) is 9.34. The van der Waals surface area contributed by atoms with Gasteiger partial charge in [-0.2, -0.15) is 0 Å². The monoisotopic (exact) mass is 502 g/mol. The summed E-state index contributed by atoms with van der Waals surface area (Å²) < 4.78 is 16.3. The molecule has 0 atom stereocenters. The molecule has 0 aliphatic heterocycles. The fourth-order valence-electron chi connectivity index (χ4n) is 2.45. The first-order valence-corrected chi connectivity index (χ1v) is 9.34. The summed E-state index contributed by atoms with van der Waals surface area (Å²) in [6, 6.07) is 7.82. The van der Waals surface area contributed by atoms with Crippen LogP contribution in [0.2, 0.25) is 0 Å². The molecule has 0 aliphatic rings. The van der Waals surface area contributed by atoms with Gasteiger partial charge in [-0.25, -0.2) is 4.99 Å². The van der Waals surface area contributed by atoms with E-state index in [1.54, 1.807) is 7.11 Å². The maximum absolute atomic E-state index is 5.55. The molecular formula is C20H31IN4O3. The van der Waals surface area contributed by atoms with Crippen LogP contribution in [-0.4, -0.2) is 31.4 Å². The number of nitrogens with zero attached hydrogens (tertiary/aromatic N) is 2. The molecule has 1 aromatic heterocycles. The Morgan fingerprint density at radius 1 is 1.18 bits per heavy atom. The van der Waals surface area contributed by atoms with Gasteiger partial charge in [0, 0.05) is 12.6 Å². The van der Waals surface area contributed by atoms with Crippen molar-refractivity contribution in [3.8, 4) is 11.5 Å². The molecule has 2 aromatic rings. The minimum absolute atomic E-state index is 0. The van der Waals surface area contributed by atoms with E-state index in [4.69, 9.17) is 14.0 Å². The Morgan fingerprint density at radius 2 is 1.96 bits per heavy atom. The Balaban J connectivity index is 0.00000392. The topological polar surface area (TPSA) is 80.9 Å². The largest absolute Gasteiger partial charge is 0.493 e. The van der Waals surface area contributed by atoms with Crippen molar-refractivity contribution in [1.82, 2.24) is 15.8 Å². The summed E-state index contributed by atoms with van der Waals surface area (Å²) in [6.45, 7) is 10.6. The van der Waals surface area contributed by atoms with Crippen molar-refractivity contribution in [2.75, 3.05) is 20.3 Å². The molecule has 0 saturated carbocycles. The molecule has 1 heterocycles. The number of ether oxygens (including phenoxy) is 2. The zero-order valence-electron chi connectivity index (χ0n) is 17.2. The van der Waals surface area contributed by atoms with E-state index in [-0.39, 0.29) is 24.0 Å². The Kier molecular flexibility index (Phi) is 10.7. The van der Waals surface area contributed by atoms with E-state index < -0.39 is 0 Å². The van der Waals surface area contributed by atoms with Gasteiger partial charge in [0.2, 0.25) is 0 Å².